The van der Waals surface area contributed by atoms with Gasteiger partial charge in [0.05, 0.1) is 11.5 Å². The number of methoxy groups -OCH3 is 1. The van der Waals surface area contributed by atoms with E-state index in [0.29, 0.717) is 0 Å². The van der Waals surface area contributed by atoms with Crippen molar-refractivity contribution in [2.24, 2.45) is 5.41 Å². The lowest BCUT2D eigenvalue weighted by Gasteiger charge is -2.43. The second-order valence-corrected chi connectivity index (χ2v) is 7.84. The Morgan fingerprint density at radius 2 is 1.92 bits per heavy atom. The molecule has 1 rings (SSSR count). The van der Waals surface area contributed by atoms with Crippen LogP contribution in [0.1, 0.15) is 27.7 Å². The summed E-state index contributed by atoms with van der Waals surface area (Å²) in [6.07, 6.45) is -4.58. The van der Waals surface area contributed by atoms with Gasteiger partial charge in [0, 0.05) is 13.7 Å². The quantitative estimate of drug-likeness (QED) is 0.390. The first-order chi connectivity index (χ1) is 11.4. The summed E-state index contributed by atoms with van der Waals surface area (Å²) in [5.41, 5.74) is -0.750. The number of hydrogen-bond donors (Lipinski definition) is 3. The number of esters is 1. The van der Waals surface area contributed by atoms with Crippen LogP contribution in [-0.2, 0) is 34.0 Å². The summed E-state index contributed by atoms with van der Waals surface area (Å²) < 4.78 is 54.6. The molecule has 0 amide bonds. The minimum atomic E-state index is -4.63. The summed E-state index contributed by atoms with van der Waals surface area (Å²) in [4.78, 5) is 11.9. The molecule has 148 valence electrons. The number of carbonyl (C=O) groups is 1. The van der Waals surface area contributed by atoms with Gasteiger partial charge in [-0.3, -0.25) is 9.35 Å². The summed E-state index contributed by atoms with van der Waals surface area (Å²) in [5.74, 6) is -0.511. The zero-order chi connectivity index (χ0) is 19.4. The maximum Gasteiger partial charge on any atom is 0.333 e. The zero-order valence-electron chi connectivity index (χ0n) is 15.0. The highest BCUT2D eigenvalue weighted by Crippen LogP contribution is 2.26. The van der Waals surface area contributed by atoms with Gasteiger partial charge in [0.2, 0.25) is 0 Å². The number of carbonyl (C=O) groups excluding carboxylic acids is 1. The zero-order valence-corrected chi connectivity index (χ0v) is 15.8. The average Bonchev–Trinajstić information content (AvgIpc) is 2.47. The van der Waals surface area contributed by atoms with Crippen LogP contribution < -0.4 is 4.72 Å². The van der Waals surface area contributed by atoms with Crippen LogP contribution >= 0.6 is 0 Å². The van der Waals surface area contributed by atoms with Crippen LogP contribution in [0.2, 0.25) is 0 Å². The summed E-state index contributed by atoms with van der Waals surface area (Å²) in [7, 11) is -3.31. The Hall–Kier alpha value is -0.820. The van der Waals surface area contributed by atoms with Crippen LogP contribution in [0.3, 0.4) is 0 Å². The fourth-order valence-corrected chi connectivity index (χ4v) is 2.93. The number of nitrogens with one attached hydrogen (secondary N) is 1. The van der Waals surface area contributed by atoms with Crippen LogP contribution in [0.5, 0.6) is 0 Å². The first kappa shape index (κ1) is 22.2. The van der Waals surface area contributed by atoms with Gasteiger partial charge < -0.3 is 24.1 Å². The van der Waals surface area contributed by atoms with Crippen molar-refractivity contribution >= 4 is 16.3 Å². The van der Waals surface area contributed by atoms with E-state index in [1.807, 2.05) is 4.72 Å². The lowest BCUT2D eigenvalue weighted by molar-refractivity contribution is -0.279. The molecular formula is C14H27NO9S. The molecule has 0 bridgehead atoms. The lowest BCUT2D eigenvalue weighted by Crippen LogP contribution is -2.65. The maximum atomic E-state index is 11.9. The molecule has 0 saturated carbocycles. The first-order valence-corrected chi connectivity index (χ1v) is 9.24. The number of rotatable bonds is 7. The molecule has 11 heteroatoms. The van der Waals surface area contributed by atoms with E-state index in [9.17, 15) is 18.3 Å². The minimum absolute atomic E-state index is 0.188. The van der Waals surface area contributed by atoms with Crippen molar-refractivity contribution in [2.75, 3.05) is 20.3 Å². The highest BCUT2D eigenvalue weighted by Gasteiger charge is 2.48. The van der Waals surface area contributed by atoms with Crippen LogP contribution in [0.4, 0.5) is 0 Å². The lowest BCUT2D eigenvalue weighted by atomic mass is 9.96. The molecule has 1 aliphatic rings. The molecule has 0 radical (unpaired) electrons. The van der Waals surface area contributed by atoms with Crippen molar-refractivity contribution in [1.29, 1.82) is 0 Å². The minimum Gasteiger partial charge on any atom is -0.462 e. The standard InChI is InChI=1S/C14H27NO9S/c1-6-22-11-9(15-25(18,19)20)10(16)8(24-12(11)21-5)7-23-13(17)14(2,3)4/h8-12,15-16H,6-7H2,1-5H3,(H,18,19,20)/t8-,9-,10-,11+,12+/m1/s1. The van der Waals surface area contributed by atoms with Gasteiger partial charge in [-0.25, -0.2) is 0 Å². The van der Waals surface area contributed by atoms with Gasteiger partial charge in [-0.15, -0.1) is 0 Å². The number of aliphatic hydroxyl groups excluding tert-OH is 1. The molecule has 0 spiro atoms. The third-order valence-corrected chi connectivity index (χ3v) is 4.12. The van der Waals surface area contributed by atoms with Gasteiger partial charge in [-0.2, -0.15) is 13.1 Å². The third kappa shape index (κ3) is 6.44. The molecule has 25 heavy (non-hydrogen) atoms. The topological polar surface area (TPSA) is 141 Å². The second kappa shape index (κ2) is 8.71. The molecule has 0 aromatic carbocycles. The summed E-state index contributed by atoms with van der Waals surface area (Å²) in [6, 6.07) is -1.26. The maximum absolute atomic E-state index is 11.9. The van der Waals surface area contributed by atoms with Crippen LogP contribution in [0.15, 0.2) is 0 Å². The van der Waals surface area contributed by atoms with Crippen molar-refractivity contribution in [3.63, 3.8) is 0 Å². The van der Waals surface area contributed by atoms with Crippen LogP contribution in [0, 0.1) is 5.41 Å². The Labute approximate surface area is 147 Å². The van der Waals surface area contributed by atoms with Gasteiger partial charge >= 0.3 is 16.3 Å². The highest BCUT2D eigenvalue weighted by molar-refractivity contribution is 7.83. The monoisotopic (exact) mass is 385 g/mol. The summed E-state index contributed by atoms with van der Waals surface area (Å²) >= 11 is 0. The molecule has 1 fully saturated rings. The fourth-order valence-electron chi connectivity index (χ4n) is 2.31. The smallest absolute Gasteiger partial charge is 0.333 e. The van der Waals surface area contributed by atoms with Crippen molar-refractivity contribution in [3.8, 4) is 0 Å². The Balaban J connectivity index is 2.96. The van der Waals surface area contributed by atoms with Crippen molar-refractivity contribution in [2.45, 2.75) is 58.3 Å². The Kier molecular flexibility index (Phi) is 7.74. The van der Waals surface area contributed by atoms with Gasteiger partial charge in [-0.1, -0.05) is 0 Å². The van der Waals surface area contributed by atoms with E-state index < -0.39 is 52.3 Å². The Morgan fingerprint density at radius 1 is 1.32 bits per heavy atom. The summed E-state index contributed by atoms with van der Waals surface area (Å²) in [5, 5.41) is 10.4. The van der Waals surface area contributed by atoms with Crippen molar-refractivity contribution < 1.29 is 41.8 Å². The molecule has 0 aliphatic carbocycles. The molecule has 0 aromatic rings. The van der Waals surface area contributed by atoms with Gasteiger partial charge in [-0.05, 0) is 27.7 Å². The molecule has 3 N–H and O–H groups in total. The van der Waals surface area contributed by atoms with Crippen LogP contribution in [0.25, 0.3) is 0 Å². The molecule has 1 aliphatic heterocycles. The fraction of sp³-hybridized carbons (Fsp3) is 0.929. The van der Waals surface area contributed by atoms with E-state index in [1.54, 1.807) is 27.7 Å². The van der Waals surface area contributed by atoms with Gasteiger partial charge in [0.1, 0.15) is 24.9 Å². The first-order valence-electron chi connectivity index (χ1n) is 7.80. The number of ether oxygens (including phenoxy) is 4. The van der Waals surface area contributed by atoms with Crippen molar-refractivity contribution in [1.82, 2.24) is 4.72 Å². The average molecular weight is 385 g/mol. The molecule has 1 heterocycles. The van der Waals surface area contributed by atoms with E-state index >= 15 is 0 Å². The van der Waals surface area contributed by atoms with Gasteiger partial charge in [0.15, 0.2) is 6.29 Å². The van der Waals surface area contributed by atoms with E-state index in [-0.39, 0.29) is 13.2 Å². The molecule has 5 atom stereocenters. The normalized spacial score (nSPS) is 30.9. The third-order valence-electron chi connectivity index (χ3n) is 3.55. The predicted molar refractivity (Wildman–Crippen MR) is 86.0 cm³/mol. The largest absolute Gasteiger partial charge is 0.462 e. The molecule has 0 unspecified atom stereocenters. The van der Waals surface area contributed by atoms with Gasteiger partial charge in [0.25, 0.3) is 0 Å². The Morgan fingerprint density at radius 3 is 2.36 bits per heavy atom. The highest BCUT2D eigenvalue weighted by atomic mass is 32.2. The number of hydrogen-bond acceptors (Lipinski definition) is 8. The summed E-state index contributed by atoms with van der Waals surface area (Å²) in [6.45, 7) is 6.53. The SMILES string of the molecule is CCO[C@@H]1[C@@H](OC)O[C@H](COC(=O)C(C)(C)C)[C@@H](O)[C@H]1NS(=O)(=O)O. The second-order valence-electron chi connectivity index (χ2n) is 6.66. The molecule has 1 saturated heterocycles. The Bertz CT molecular complexity index is 545. The molecule has 10 nitrogen and oxygen atoms in total. The van der Waals surface area contributed by atoms with E-state index in [4.69, 9.17) is 23.5 Å². The molecular weight excluding hydrogens is 358 g/mol. The van der Waals surface area contributed by atoms with Crippen molar-refractivity contribution in [3.05, 3.63) is 0 Å². The van der Waals surface area contributed by atoms with E-state index in [0.717, 1.165) is 0 Å². The molecule has 0 aromatic heterocycles. The van der Waals surface area contributed by atoms with Crippen LogP contribution in [-0.4, -0.2) is 75.0 Å². The predicted octanol–water partition coefficient (Wildman–Crippen LogP) is -0.526. The number of aliphatic hydroxyl groups is 1. The van der Waals surface area contributed by atoms with E-state index in [2.05, 4.69) is 0 Å². The van der Waals surface area contributed by atoms with E-state index in [1.165, 1.54) is 7.11 Å².